The zero-order chi connectivity index (χ0) is 11.5. The van der Waals surface area contributed by atoms with Crippen molar-refractivity contribution in [3.63, 3.8) is 0 Å². The van der Waals surface area contributed by atoms with Crippen LogP contribution in [0.25, 0.3) is 0 Å². The number of esters is 1. The van der Waals surface area contributed by atoms with Gasteiger partial charge in [-0.2, -0.15) is 0 Å². The minimum absolute atomic E-state index is 0.0313. The van der Waals surface area contributed by atoms with Crippen LogP contribution in [0.4, 0.5) is 0 Å². The van der Waals surface area contributed by atoms with Crippen LogP contribution in [0.3, 0.4) is 0 Å². The molecule has 0 unspecified atom stereocenters. The van der Waals surface area contributed by atoms with Crippen LogP contribution in [0, 0.1) is 5.92 Å². The van der Waals surface area contributed by atoms with E-state index in [0.29, 0.717) is 13.1 Å². The van der Waals surface area contributed by atoms with E-state index >= 15 is 0 Å². The van der Waals surface area contributed by atoms with E-state index in [0.717, 1.165) is 4.88 Å². The minimum atomic E-state index is -0.294. The van der Waals surface area contributed by atoms with Gasteiger partial charge in [-0.1, -0.05) is 6.07 Å². The zero-order valence-corrected chi connectivity index (χ0v) is 9.83. The van der Waals surface area contributed by atoms with E-state index in [1.807, 2.05) is 17.5 Å². The van der Waals surface area contributed by atoms with E-state index in [4.69, 9.17) is 0 Å². The fourth-order valence-corrected chi connectivity index (χ4v) is 2.56. The van der Waals surface area contributed by atoms with Crippen molar-refractivity contribution in [3.8, 4) is 0 Å². The Morgan fingerprint density at radius 2 is 2.50 bits per heavy atom. The Kier molecular flexibility index (Phi) is 3.24. The highest BCUT2D eigenvalue weighted by molar-refractivity contribution is 7.09. The van der Waals surface area contributed by atoms with Gasteiger partial charge >= 0.3 is 5.97 Å². The molecule has 0 spiro atoms. The summed E-state index contributed by atoms with van der Waals surface area (Å²) in [5.74, 6) is -0.553. The smallest absolute Gasteiger partial charge is 0.310 e. The second-order valence-electron chi connectivity index (χ2n) is 3.78. The van der Waals surface area contributed by atoms with E-state index in [1.54, 1.807) is 16.2 Å². The van der Waals surface area contributed by atoms with Crippen molar-refractivity contribution >= 4 is 23.2 Å². The summed E-state index contributed by atoms with van der Waals surface area (Å²) in [5.41, 5.74) is 0. The molecule has 5 heteroatoms. The molecule has 0 bridgehead atoms. The molecule has 1 aliphatic rings. The first-order valence-corrected chi connectivity index (χ1v) is 5.96. The predicted octanol–water partition coefficient (Wildman–Crippen LogP) is 1.27. The maximum absolute atomic E-state index is 11.7. The first-order chi connectivity index (χ1) is 7.70. The molecular weight excluding hydrogens is 226 g/mol. The second kappa shape index (κ2) is 4.65. The maximum Gasteiger partial charge on any atom is 0.310 e. The summed E-state index contributed by atoms with van der Waals surface area (Å²) in [4.78, 5) is 25.8. The molecule has 2 rings (SSSR count). The Hall–Kier alpha value is -1.36. The van der Waals surface area contributed by atoms with Gasteiger partial charge < -0.3 is 9.64 Å². The largest absolute Gasteiger partial charge is 0.469 e. The van der Waals surface area contributed by atoms with E-state index in [-0.39, 0.29) is 24.2 Å². The van der Waals surface area contributed by atoms with Crippen LogP contribution < -0.4 is 0 Å². The second-order valence-corrected chi connectivity index (χ2v) is 4.81. The molecule has 0 saturated carbocycles. The summed E-state index contributed by atoms with van der Waals surface area (Å²) in [6.45, 7) is 1.08. The highest BCUT2D eigenvalue weighted by Gasteiger charge is 2.34. The molecule has 1 aromatic heterocycles. The summed E-state index contributed by atoms with van der Waals surface area (Å²) < 4.78 is 4.65. The lowest BCUT2D eigenvalue weighted by Crippen LogP contribution is -2.25. The van der Waals surface area contributed by atoms with Gasteiger partial charge in [-0.3, -0.25) is 9.59 Å². The van der Waals surface area contributed by atoms with Gasteiger partial charge in [-0.15, -0.1) is 11.3 Å². The monoisotopic (exact) mass is 239 g/mol. The number of likely N-dealkylation sites (tertiary alicyclic amines) is 1. The lowest BCUT2D eigenvalue weighted by Gasteiger charge is -2.14. The molecule has 0 aliphatic carbocycles. The van der Waals surface area contributed by atoms with E-state index in [9.17, 15) is 9.59 Å². The van der Waals surface area contributed by atoms with Crippen LogP contribution in [0.15, 0.2) is 17.5 Å². The lowest BCUT2D eigenvalue weighted by molar-refractivity contribution is -0.145. The van der Waals surface area contributed by atoms with Crippen molar-refractivity contribution in [2.45, 2.75) is 13.0 Å². The van der Waals surface area contributed by atoms with Crippen molar-refractivity contribution < 1.29 is 14.3 Å². The van der Waals surface area contributed by atoms with Gasteiger partial charge in [0.25, 0.3) is 0 Å². The number of nitrogens with zero attached hydrogens (tertiary/aromatic N) is 1. The third kappa shape index (κ3) is 2.24. The molecule has 1 atom stereocenters. The average Bonchev–Trinajstić information content (AvgIpc) is 2.89. The summed E-state index contributed by atoms with van der Waals surface area (Å²) in [6, 6.07) is 3.95. The number of rotatable bonds is 3. The Balaban J connectivity index is 1.97. The summed E-state index contributed by atoms with van der Waals surface area (Å²) in [5, 5.41) is 1.98. The first-order valence-electron chi connectivity index (χ1n) is 5.08. The van der Waals surface area contributed by atoms with Crippen LogP contribution in [0.2, 0.25) is 0 Å². The van der Waals surface area contributed by atoms with Crippen LogP contribution in [0.5, 0.6) is 0 Å². The molecule has 1 aromatic rings. The van der Waals surface area contributed by atoms with E-state index < -0.39 is 0 Å². The third-order valence-electron chi connectivity index (χ3n) is 2.68. The Morgan fingerprint density at radius 3 is 3.12 bits per heavy atom. The van der Waals surface area contributed by atoms with Crippen LogP contribution >= 0.6 is 11.3 Å². The number of thiophene rings is 1. The van der Waals surface area contributed by atoms with Crippen molar-refractivity contribution in [3.05, 3.63) is 22.4 Å². The first kappa shape index (κ1) is 11.1. The molecule has 0 aromatic carbocycles. The number of amides is 1. The molecular formula is C11H13NO3S. The van der Waals surface area contributed by atoms with Crippen molar-refractivity contribution in [1.29, 1.82) is 0 Å². The van der Waals surface area contributed by atoms with Crippen molar-refractivity contribution in [2.75, 3.05) is 13.7 Å². The maximum atomic E-state index is 11.7. The van der Waals surface area contributed by atoms with Gasteiger partial charge in [0.2, 0.25) is 5.91 Å². The summed E-state index contributed by atoms with van der Waals surface area (Å²) in [7, 11) is 1.36. The fraction of sp³-hybridized carbons (Fsp3) is 0.455. The topological polar surface area (TPSA) is 46.6 Å². The van der Waals surface area contributed by atoms with Crippen LogP contribution in [0.1, 0.15) is 11.3 Å². The number of carbonyl (C=O) groups excluding carboxylic acids is 2. The molecule has 0 radical (unpaired) electrons. The quantitative estimate of drug-likeness (QED) is 0.746. The highest BCUT2D eigenvalue weighted by Crippen LogP contribution is 2.22. The summed E-state index contributed by atoms with van der Waals surface area (Å²) in [6.07, 6.45) is 0.276. The lowest BCUT2D eigenvalue weighted by atomic mass is 10.1. The fourth-order valence-electron chi connectivity index (χ4n) is 1.84. The third-order valence-corrected chi connectivity index (χ3v) is 3.54. The van der Waals surface area contributed by atoms with E-state index in [2.05, 4.69) is 4.74 Å². The number of hydrogen-bond acceptors (Lipinski definition) is 4. The van der Waals surface area contributed by atoms with Gasteiger partial charge in [0.15, 0.2) is 0 Å². The van der Waals surface area contributed by atoms with Gasteiger partial charge in [0.1, 0.15) is 0 Å². The molecule has 1 saturated heterocycles. The van der Waals surface area contributed by atoms with Crippen molar-refractivity contribution in [1.82, 2.24) is 4.90 Å². The Morgan fingerprint density at radius 1 is 1.69 bits per heavy atom. The number of carbonyl (C=O) groups is 2. The van der Waals surface area contributed by atoms with E-state index in [1.165, 1.54) is 7.11 Å². The molecule has 0 N–H and O–H groups in total. The minimum Gasteiger partial charge on any atom is -0.469 e. The van der Waals surface area contributed by atoms with Crippen LogP contribution in [-0.2, 0) is 20.9 Å². The highest BCUT2D eigenvalue weighted by atomic mass is 32.1. The summed E-state index contributed by atoms with van der Waals surface area (Å²) >= 11 is 1.62. The van der Waals surface area contributed by atoms with Crippen LogP contribution in [-0.4, -0.2) is 30.4 Å². The molecule has 2 heterocycles. The predicted molar refractivity (Wildman–Crippen MR) is 59.9 cm³/mol. The number of hydrogen-bond donors (Lipinski definition) is 0. The molecule has 1 fully saturated rings. The Labute approximate surface area is 97.8 Å². The van der Waals surface area contributed by atoms with Gasteiger partial charge in [-0.25, -0.2) is 0 Å². The van der Waals surface area contributed by atoms with Gasteiger partial charge in [-0.05, 0) is 11.4 Å². The zero-order valence-electron chi connectivity index (χ0n) is 9.01. The van der Waals surface area contributed by atoms with Crippen molar-refractivity contribution in [2.24, 2.45) is 5.92 Å². The van der Waals surface area contributed by atoms with Gasteiger partial charge in [0, 0.05) is 17.8 Å². The molecule has 16 heavy (non-hydrogen) atoms. The average molecular weight is 239 g/mol. The standard InChI is InChI=1S/C11H13NO3S/c1-15-11(14)8-5-10(13)12(6-8)7-9-3-2-4-16-9/h2-4,8H,5-7H2,1H3/t8-/m1/s1. The number of ether oxygens (including phenoxy) is 1. The number of methoxy groups -OCH3 is 1. The molecule has 4 nitrogen and oxygen atoms in total. The SMILES string of the molecule is COC(=O)[C@@H]1CC(=O)N(Cc2cccs2)C1. The van der Waals surface area contributed by atoms with Gasteiger partial charge in [0.05, 0.1) is 19.6 Å². The molecule has 1 aliphatic heterocycles. The molecule has 86 valence electrons. The Bertz CT molecular complexity index is 388. The normalized spacial score (nSPS) is 20.2. The molecule has 1 amide bonds.